The number of unbranched alkanes of at least 4 members (excludes halogenated alkanes) is 3. The van der Waals surface area contributed by atoms with Gasteiger partial charge in [0.2, 0.25) is 11.8 Å². The van der Waals surface area contributed by atoms with E-state index < -0.39 is 18.2 Å². The molecule has 4 aromatic rings. The Morgan fingerprint density at radius 3 is 2.24 bits per heavy atom. The molecule has 0 aliphatic carbocycles. The molecule has 5 rings (SSSR count). The van der Waals surface area contributed by atoms with Gasteiger partial charge in [0.25, 0.3) is 0 Å². The summed E-state index contributed by atoms with van der Waals surface area (Å²) in [4.78, 5) is 39.5. The largest absolute Gasteiger partial charge is 0.478 e. The van der Waals surface area contributed by atoms with Crippen LogP contribution in [0.4, 0.5) is 0 Å². The molecular weight excluding hydrogens is 671 g/mol. The number of aromatic carboxylic acids is 1. The van der Waals surface area contributed by atoms with Gasteiger partial charge in [0, 0.05) is 43.3 Å². The van der Waals surface area contributed by atoms with E-state index >= 15 is 0 Å². The van der Waals surface area contributed by atoms with Gasteiger partial charge >= 0.3 is 5.97 Å². The molecule has 51 heavy (non-hydrogen) atoms. The minimum absolute atomic E-state index is 0.0213. The molecule has 1 aliphatic heterocycles. The Hall–Kier alpha value is -4.59. The van der Waals surface area contributed by atoms with Crippen molar-refractivity contribution < 1.29 is 39.3 Å². The molecule has 12 heteroatoms. The Labute approximate surface area is 301 Å². The van der Waals surface area contributed by atoms with Crippen molar-refractivity contribution in [1.29, 1.82) is 0 Å². The minimum Gasteiger partial charge on any atom is -0.478 e. The zero-order valence-corrected chi connectivity index (χ0v) is 29.0. The Morgan fingerprint density at radius 1 is 0.804 bits per heavy atom. The molecule has 1 aliphatic rings. The van der Waals surface area contributed by atoms with E-state index in [9.17, 15) is 24.6 Å². The number of carbonyl (C=O) groups is 3. The van der Waals surface area contributed by atoms with Gasteiger partial charge in [0.1, 0.15) is 5.03 Å². The maximum absolute atomic E-state index is 12.4. The third-order valence-corrected chi connectivity index (χ3v) is 9.77. The SMILES string of the molecule is O=C(CCCCCCC(=O)NCc1cccc(-c2ccc([C@@H]3O[C@H](CSc4ncccc4C(=O)O)C[C@H](c4ccc(CO)cc4)O3)cc2)c1)NO. The van der Waals surface area contributed by atoms with Gasteiger partial charge < -0.3 is 25.0 Å². The summed E-state index contributed by atoms with van der Waals surface area (Å²) in [5, 5.41) is 31.1. The van der Waals surface area contributed by atoms with Crippen LogP contribution in [0.2, 0.25) is 0 Å². The Morgan fingerprint density at radius 2 is 1.53 bits per heavy atom. The number of nitrogens with one attached hydrogen (secondary N) is 2. The molecule has 0 bridgehead atoms. The van der Waals surface area contributed by atoms with E-state index in [1.54, 1.807) is 23.8 Å². The van der Waals surface area contributed by atoms with Crippen LogP contribution in [0.15, 0.2) is 96.2 Å². The Bertz CT molecular complexity index is 1750. The molecule has 0 radical (unpaired) electrons. The number of ether oxygens (including phenoxy) is 2. The van der Waals surface area contributed by atoms with Crippen LogP contribution in [-0.4, -0.2) is 50.0 Å². The number of hydroxylamine groups is 1. The summed E-state index contributed by atoms with van der Waals surface area (Å²) in [6.07, 6.45) is 4.70. The van der Waals surface area contributed by atoms with Gasteiger partial charge in [-0.2, -0.15) is 0 Å². The zero-order chi connectivity index (χ0) is 36.0. The first-order chi connectivity index (χ1) is 24.8. The van der Waals surface area contributed by atoms with Crippen molar-refractivity contribution >= 4 is 29.5 Å². The molecule has 5 N–H and O–H groups in total. The van der Waals surface area contributed by atoms with Crippen LogP contribution in [0, 0.1) is 0 Å². The van der Waals surface area contributed by atoms with Gasteiger partial charge in [-0.1, -0.05) is 79.6 Å². The highest BCUT2D eigenvalue weighted by Gasteiger charge is 2.32. The smallest absolute Gasteiger partial charge is 0.338 e. The van der Waals surface area contributed by atoms with Crippen molar-refractivity contribution in [3.05, 3.63) is 119 Å². The fraction of sp³-hybridized carbons (Fsp3) is 0.333. The van der Waals surface area contributed by atoms with E-state index in [4.69, 9.17) is 14.7 Å². The molecule has 2 amide bonds. The number of carboxylic acids is 1. The molecule has 11 nitrogen and oxygen atoms in total. The standard InChI is InChI=1S/C39H43N3O8S/c43-24-26-12-14-29(15-13-26)34-22-32(25-51-37-33(38(46)47)9-6-20-40-37)49-39(50-34)30-18-16-28(17-19-30)31-8-5-7-27(21-31)23-41-35(44)10-3-1-2-4-11-36(45)42-48/h5-9,12-21,32,34,39,43,48H,1-4,10-11,22-25H2,(H,41,44)(H,42,45)(H,46,47)/t32-,34+,39+/m0/s1. The summed E-state index contributed by atoms with van der Waals surface area (Å²) in [5.74, 6) is -0.960. The molecule has 1 saturated heterocycles. The minimum atomic E-state index is -1.03. The van der Waals surface area contributed by atoms with Crippen molar-refractivity contribution in [3.8, 4) is 11.1 Å². The van der Waals surface area contributed by atoms with Crippen LogP contribution in [-0.2, 0) is 32.2 Å². The van der Waals surface area contributed by atoms with E-state index in [1.165, 1.54) is 11.8 Å². The first-order valence-electron chi connectivity index (χ1n) is 17.0. The summed E-state index contributed by atoms with van der Waals surface area (Å²) >= 11 is 1.35. The first kappa shape index (κ1) is 37.7. The first-order valence-corrected chi connectivity index (χ1v) is 18.0. The molecule has 3 atom stereocenters. The number of rotatable bonds is 17. The number of pyridine rings is 1. The number of hydrogen-bond acceptors (Lipinski definition) is 9. The lowest BCUT2D eigenvalue weighted by molar-refractivity contribution is -0.245. The second-order valence-electron chi connectivity index (χ2n) is 12.4. The predicted octanol–water partition coefficient (Wildman–Crippen LogP) is 6.74. The molecule has 2 heterocycles. The number of carboxylic acid groups (broad SMARTS) is 1. The van der Waals surface area contributed by atoms with Crippen LogP contribution in [0.1, 0.15) is 90.0 Å². The quantitative estimate of drug-likeness (QED) is 0.0342. The van der Waals surface area contributed by atoms with Crippen LogP contribution in [0.25, 0.3) is 11.1 Å². The Balaban J connectivity index is 1.20. The molecule has 1 aromatic heterocycles. The summed E-state index contributed by atoms with van der Waals surface area (Å²) in [7, 11) is 0. The molecule has 0 spiro atoms. The number of hydrogen-bond donors (Lipinski definition) is 5. The van der Waals surface area contributed by atoms with Crippen LogP contribution >= 0.6 is 11.8 Å². The monoisotopic (exact) mass is 713 g/mol. The van der Waals surface area contributed by atoms with E-state index in [0.29, 0.717) is 36.6 Å². The third kappa shape index (κ3) is 11.2. The average molecular weight is 714 g/mol. The lowest BCUT2D eigenvalue weighted by Gasteiger charge is -2.36. The predicted molar refractivity (Wildman–Crippen MR) is 192 cm³/mol. The summed E-state index contributed by atoms with van der Waals surface area (Å²) < 4.78 is 12.9. The van der Waals surface area contributed by atoms with E-state index in [0.717, 1.165) is 52.6 Å². The number of aliphatic hydroxyl groups is 1. The normalized spacial score (nSPS) is 17.1. The number of thioether (sulfide) groups is 1. The van der Waals surface area contributed by atoms with Gasteiger partial charge in [-0.3, -0.25) is 14.8 Å². The van der Waals surface area contributed by atoms with Gasteiger partial charge in [-0.15, -0.1) is 11.8 Å². The maximum atomic E-state index is 12.4. The van der Waals surface area contributed by atoms with Gasteiger partial charge in [-0.25, -0.2) is 15.3 Å². The summed E-state index contributed by atoms with van der Waals surface area (Å²) in [6.45, 7) is 0.367. The maximum Gasteiger partial charge on any atom is 0.338 e. The number of aliphatic hydroxyl groups excluding tert-OH is 1. The van der Waals surface area contributed by atoms with E-state index in [2.05, 4.69) is 16.4 Å². The second-order valence-corrected chi connectivity index (χ2v) is 13.4. The molecule has 0 unspecified atom stereocenters. The van der Waals surface area contributed by atoms with Gasteiger partial charge in [0.15, 0.2) is 6.29 Å². The van der Waals surface area contributed by atoms with Crippen molar-refractivity contribution in [3.63, 3.8) is 0 Å². The van der Waals surface area contributed by atoms with Crippen molar-refractivity contribution in [2.24, 2.45) is 0 Å². The van der Waals surface area contributed by atoms with Crippen LogP contribution in [0.3, 0.4) is 0 Å². The lowest BCUT2D eigenvalue weighted by Crippen LogP contribution is -2.31. The van der Waals surface area contributed by atoms with Crippen molar-refractivity contribution in [1.82, 2.24) is 15.8 Å². The highest BCUT2D eigenvalue weighted by atomic mass is 32.2. The second kappa shape index (κ2) is 19.1. The fourth-order valence-electron chi connectivity index (χ4n) is 5.83. The molecule has 268 valence electrons. The number of nitrogens with zero attached hydrogens (tertiary/aromatic N) is 1. The number of benzene rings is 3. The highest BCUT2D eigenvalue weighted by Crippen LogP contribution is 2.40. The van der Waals surface area contributed by atoms with Gasteiger partial charge in [0.05, 0.1) is 24.4 Å². The third-order valence-electron chi connectivity index (χ3n) is 8.64. The molecular formula is C39H43N3O8S. The van der Waals surface area contributed by atoms with Crippen LogP contribution in [0.5, 0.6) is 0 Å². The molecule has 3 aromatic carbocycles. The highest BCUT2D eigenvalue weighted by molar-refractivity contribution is 7.99. The fourth-order valence-corrected chi connectivity index (χ4v) is 6.83. The lowest BCUT2D eigenvalue weighted by atomic mass is 9.99. The van der Waals surface area contributed by atoms with E-state index in [1.807, 2.05) is 66.7 Å². The van der Waals surface area contributed by atoms with E-state index in [-0.39, 0.29) is 36.7 Å². The summed E-state index contributed by atoms with van der Waals surface area (Å²) in [5.41, 5.74) is 7.38. The van der Waals surface area contributed by atoms with Crippen molar-refractivity contribution in [2.45, 2.75) is 81.6 Å². The molecule has 1 fully saturated rings. The number of amides is 2. The zero-order valence-electron chi connectivity index (χ0n) is 28.2. The average Bonchev–Trinajstić information content (AvgIpc) is 3.17. The van der Waals surface area contributed by atoms with Crippen LogP contribution < -0.4 is 10.8 Å². The van der Waals surface area contributed by atoms with Crippen molar-refractivity contribution in [2.75, 3.05) is 5.75 Å². The topological polar surface area (TPSA) is 167 Å². The summed E-state index contributed by atoms with van der Waals surface area (Å²) in [6, 6.07) is 26.8. The Kier molecular flexibility index (Phi) is 14.1. The molecule has 0 saturated carbocycles. The number of carbonyl (C=O) groups excluding carboxylic acids is 2. The van der Waals surface area contributed by atoms with Gasteiger partial charge in [-0.05, 0) is 58.9 Å². The number of aromatic nitrogens is 1.